The molecule has 0 fully saturated rings. The molecule has 104 valence electrons. The monoisotopic (exact) mass is 268 g/mol. The van der Waals surface area contributed by atoms with E-state index in [1.807, 2.05) is 63.4 Å². The van der Waals surface area contributed by atoms with Crippen molar-refractivity contribution < 1.29 is 4.79 Å². The van der Waals surface area contributed by atoms with Crippen LogP contribution in [0.4, 0.5) is 5.69 Å². The molecule has 1 unspecified atom stereocenters. The van der Waals surface area contributed by atoms with E-state index >= 15 is 0 Å². The molecule has 0 heterocycles. The molecule has 3 heteroatoms. The van der Waals surface area contributed by atoms with E-state index in [2.05, 4.69) is 0 Å². The number of rotatable bonds is 3. The Bertz CT molecular complexity index is 608. The van der Waals surface area contributed by atoms with Crippen molar-refractivity contribution in [3.63, 3.8) is 0 Å². The molecule has 0 bridgehead atoms. The molecule has 0 saturated carbocycles. The second-order valence-electron chi connectivity index (χ2n) is 5.09. The first-order chi connectivity index (χ1) is 9.50. The van der Waals surface area contributed by atoms with Crippen LogP contribution < -0.4 is 5.73 Å². The third-order valence-corrected chi connectivity index (χ3v) is 3.62. The highest BCUT2D eigenvalue weighted by atomic mass is 16.2. The summed E-state index contributed by atoms with van der Waals surface area (Å²) in [6, 6.07) is 15.5. The van der Waals surface area contributed by atoms with Gasteiger partial charge in [-0.2, -0.15) is 0 Å². The van der Waals surface area contributed by atoms with Gasteiger partial charge in [0.05, 0.1) is 11.6 Å². The molecule has 20 heavy (non-hydrogen) atoms. The van der Waals surface area contributed by atoms with Crippen LogP contribution in [-0.4, -0.2) is 17.9 Å². The Morgan fingerprint density at radius 3 is 2.45 bits per heavy atom. The summed E-state index contributed by atoms with van der Waals surface area (Å²) >= 11 is 0. The maximum atomic E-state index is 12.6. The van der Waals surface area contributed by atoms with Crippen molar-refractivity contribution in [1.29, 1.82) is 0 Å². The summed E-state index contributed by atoms with van der Waals surface area (Å²) < 4.78 is 0. The van der Waals surface area contributed by atoms with Gasteiger partial charge < -0.3 is 10.6 Å². The van der Waals surface area contributed by atoms with Gasteiger partial charge in [0.25, 0.3) is 5.91 Å². The predicted octanol–water partition coefficient (Wildman–Crippen LogP) is 3.41. The summed E-state index contributed by atoms with van der Waals surface area (Å²) in [7, 11) is 1.81. The van der Waals surface area contributed by atoms with Crippen LogP contribution in [0.5, 0.6) is 0 Å². The molecular weight excluding hydrogens is 248 g/mol. The molecule has 2 rings (SSSR count). The smallest absolute Gasteiger partial charge is 0.256 e. The minimum absolute atomic E-state index is 0.00334. The Kier molecular flexibility index (Phi) is 4.08. The topological polar surface area (TPSA) is 46.3 Å². The molecule has 0 aliphatic heterocycles. The lowest BCUT2D eigenvalue weighted by molar-refractivity contribution is 0.0743. The lowest BCUT2D eigenvalue weighted by Gasteiger charge is -2.26. The summed E-state index contributed by atoms with van der Waals surface area (Å²) in [6.07, 6.45) is 0. The van der Waals surface area contributed by atoms with Gasteiger partial charge in [-0.3, -0.25) is 4.79 Å². The number of aryl methyl sites for hydroxylation is 1. The fraction of sp³-hybridized carbons (Fsp3) is 0.235. The lowest BCUT2D eigenvalue weighted by Crippen LogP contribution is -2.30. The van der Waals surface area contributed by atoms with Crippen LogP contribution in [0.15, 0.2) is 48.5 Å². The first kappa shape index (κ1) is 14.1. The number of benzene rings is 2. The third kappa shape index (κ3) is 2.82. The van der Waals surface area contributed by atoms with Gasteiger partial charge in [0.15, 0.2) is 0 Å². The van der Waals surface area contributed by atoms with Crippen molar-refractivity contribution in [3.05, 3.63) is 65.2 Å². The van der Waals surface area contributed by atoms with Crippen LogP contribution in [0.3, 0.4) is 0 Å². The van der Waals surface area contributed by atoms with Gasteiger partial charge >= 0.3 is 0 Å². The van der Waals surface area contributed by atoms with E-state index in [-0.39, 0.29) is 11.9 Å². The Balaban J connectivity index is 2.27. The molecule has 0 aliphatic carbocycles. The van der Waals surface area contributed by atoms with Gasteiger partial charge in [0, 0.05) is 12.7 Å². The van der Waals surface area contributed by atoms with Crippen molar-refractivity contribution in [2.45, 2.75) is 19.9 Å². The van der Waals surface area contributed by atoms with Crippen LogP contribution >= 0.6 is 0 Å². The average molecular weight is 268 g/mol. The zero-order valence-corrected chi connectivity index (χ0v) is 12.1. The van der Waals surface area contributed by atoms with Gasteiger partial charge in [0.1, 0.15) is 0 Å². The van der Waals surface area contributed by atoms with E-state index in [9.17, 15) is 4.79 Å². The van der Waals surface area contributed by atoms with Crippen LogP contribution in [0.1, 0.15) is 34.5 Å². The Labute approximate surface area is 120 Å². The Morgan fingerprint density at radius 2 is 1.80 bits per heavy atom. The Morgan fingerprint density at radius 1 is 1.15 bits per heavy atom. The van der Waals surface area contributed by atoms with Crippen molar-refractivity contribution in [2.75, 3.05) is 12.8 Å². The van der Waals surface area contributed by atoms with Gasteiger partial charge in [0.2, 0.25) is 0 Å². The first-order valence-electron chi connectivity index (χ1n) is 6.69. The van der Waals surface area contributed by atoms with Crippen molar-refractivity contribution >= 4 is 11.6 Å². The number of hydrogen-bond acceptors (Lipinski definition) is 2. The minimum Gasteiger partial charge on any atom is -0.398 e. The fourth-order valence-electron chi connectivity index (χ4n) is 2.18. The molecule has 0 radical (unpaired) electrons. The highest BCUT2D eigenvalue weighted by Crippen LogP contribution is 2.23. The van der Waals surface area contributed by atoms with Crippen molar-refractivity contribution in [1.82, 2.24) is 4.90 Å². The fourth-order valence-corrected chi connectivity index (χ4v) is 2.18. The van der Waals surface area contributed by atoms with Gasteiger partial charge in [-0.05, 0) is 31.5 Å². The number of nitrogens with two attached hydrogens (primary N) is 1. The van der Waals surface area contributed by atoms with E-state index < -0.39 is 0 Å². The standard InChI is InChI=1S/C17H20N2O/c1-12-9-10-16(18)15(11-12)17(20)19(3)13(2)14-7-5-4-6-8-14/h4-11,13H,18H2,1-3H3. The number of carbonyl (C=O) groups is 1. The number of amides is 1. The number of nitrogens with zero attached hydrogens (tertiary/aromatic N) is 1. The van der Waals surface area contributed by atoms with Crippen LogP contribution in [-0.2, 0) is 0 Å². The molecule has 3 nitrogen and oxygen atoms in total. The zero-order valence-electron chi connectivity index (χ0n) is 12.1. The van der Waals surface area contributed by atoms with Crippen LogP contribution in [0, 0.1) is 6.92 Å². The number of nitrogen functional groups attached to an aromatic ring is 1. The van der Waals surface area contributed by atoms with Crippen LogP contribution in [0.25, 0.3) is 0 Å². The zero-order chi connectivity index (χ0) is 14.7. The van der Waals surface area contributed by atoms with E-state index in [1.165, 1.54) is 0 Å². The van der Waals surface area contributed by atoms with Crippen molar-refractivity contribution in [3.8, 4) is 0 Å². The molecule has 2 aromatic carbocycles. The molecule has 2 N–H and O–H groups in total. The normalized spacial score (nSPS) is 11.9. The van der Waals surface area contributed by atoms with E-state index in [0.29, 0.717) is 11.3 Å². The number of hydrogen-bond donors (Lipinski definition) is 1. The van der Waals surface area contributed by atoms with Crippen molar-refractivity contribution in [2.24, 2.45) is 0 Å². The molecule has 0 saturated heterocycles. The quantitative estimate of drug-likeness (QED) is 0.867. The average Bonchev–Trinajstić information content (AvgIpc) is 2.48. The summed E-state index contributed by atoms with van der Waals surface area (Å²) in [5, 5.41) is 0. The molecule has 0 spiro atoms. The Hall–Kier alpha value is -2.29. The van der Waals surface area contributed by atoms with E-state index in [1.54, 1.807) is 11.0 Å². The molecule has 1 atom stereocenters. The first-order valence-corrected chi connectivity index (χ1v) is 6.69. The summed E-state index contributed by atoms with van der Waals surface area (Å²) in [4.78, 5) is 14.3. The van der Waals surface area contributed by atoms with Gasteiger partial charge in [-0.25, -0.2) is 0 Å². The van der Waals surface area contributed by atoms with E-state index in [0.717, 1.165) is 11.1 Å². The summed E-state index contributed by atoms with van der Waals surface area (Å²) in [5.74, 6) is -0.0532. The second-order valence-corrected chi connectivity index (χ2v) is 5.09. The summed E-state index contributed by atoms with van der Waals surface area (Å²) in [6.45, 7) is 3.97. The largest absolute Gasteiger partial charge is 0.398 e. The second kappa shape index (κ2) is 5.78. The lowest BCUT2D eigenvalue weighted by atomic mass is 10.0. The summed E-state index contributed by atoms with van der Waals surface area (Å²) in [5.41, 5.74) is 9.14. The van der Waals surface area contributed by atoms with Gasteiger partial charge in [-0.15, -0.1) is 0 Å². The predicted molar refractivity (Wildman–Crippen MR) is 82.5 cm³/mol. The molecule has 1 amide bonds. The van der Waals surface area contributed by atoms with Gasteiger partial charge in [-0.1, -0.05) is 42.0 Å². The molecule has 0 aromatic heterocycles. The number of anilines is 1. The minimum atomic E-state index is -0.0532. The SMILES string of the molecule is Cc1ccc(N)c(C(=O)N(C)C(C)c2ccccc2)c1. The van der Waals surface area contributed by atoms with E-state index in [4.69, 9.17) is 5.73 Å². The number of carbonyl (C=O) groups excluding carboxylic acids is 1. The molecule has 2 aromatic rings. The molecular formula is C17H20N2O. The highest BCUT2D eigenvalue weighted by Gasteiger charge is 2.20. The maximum absolute atomic E-state index is 12.6. The highest BCUT2D eigenvalue weighted by molar-refractivity contribution is 5.99. The maximum Gasteiger partial charge on any atom is 0.256 e. The molecule has 0 aliphatic rings. The third-order valence-electron chi connectivity index (χ3n) is 3.62. The van der Waals surface area contributed by atoms with Crippen LogP contribution in [0.2, 0.25) is 0 Å².